The highest BCUT2D eigenvalue weighted by Crippen LogP contribution is 2.25. The van der Waals surface area contributed by atoms with Crippen LogP contribution in [-0.2, 0) is 21.3 Å². The van der Waals surface area contributed by atoms with Gasteiger partial charge in [0.05, 0.1) is 15.9 Å². The van der Waals surface area contributed by atoms with Crippen molar-refractivity contribution in [3.8, 4) is 0 Å². The maximum Gasteiger partial charge on any atom is 0.269 e. The number of nitrogens with zero attached hydrogens (tertiary/aromatic N) is 2. The predicted molar refractivity (Wildman–Crippen MR) is 94.0 cm³/mol. The van der Waals surface area contributed by atoms with Gasteiger partial charge in [-0.25, -0.2) is 8.42 Å². The molecule has 0 bridgehead atoms. The second-order valence-corrected chi connectivity index (χ2v) is 8.73. The van der Waals surface area contributed by atoms with E-state index in [1.54, 1.807) is 0 Å². The number of nitro groups is 1. The summed E-state index contributed by atoms with van der Waals surface area (Å²) in [4.78, 5) is 11.2. The van der Waals surface area contributed by atoms with Gasteiger partial charge in [0.15, 0.2) is 0 Å². The third-order valence-electron chi connectivity index (χ3n) is 4.03. The van der Waals surface area contributed by atoms with E-state index in [0.717, 1.165) is 17.7 Å². The summed E-state index contributed by atoms with van der Waals surface area (Å²) in [6.07, 6.45) is 1.64. The standard InChI is InChI=1S/C16H18N2O5S2/c19-18(20)13-5-7-16(8-6-13)25(21,22)17(11-14-3-1-9-23-14)12-15-4-2-10-24-15/h2,4-8,10,14H,1,3,9,11-12H2. The van der Waals surface area contributed by atoms with Crippen LogP contribution in [0, 0.1) is 10.1 Å². The van der Waals surface area contributed by atoms with Gasteiger partial charge in [0.25, 0.3) is 5.69 Å². The van der Waals surface area contributed by atoms with Gasteiger partial charge in [-0.1, -0.05) is 6.07 Å². The molecule has 0 aliphatic carbocycles. The molecule has 1 aromatic heterocycles. The minimum Gasteiger partial charge on any atom is -0.377 e. The molecular formula is C16H18N2O5S2. The first kappa shape index (κ1) is 18.0. The third-order valence-corrected chi connectivity index (χ3v) is 6.72. The van der Waals surface area contributed by atoms with Crippen LogP contribution in [0.5, 0.6) is 0 Å². The molecule has 25 heavy (non-hydrogen) atoms. The van der Waals surface area contributed by atoms with E-state index in [1.165, 1.54) is 39.9 Å². The van der Waals surface area contributed by atoms with Gasteiger partial charge < -0.3 is 4.74 Å². The lowest BCUT2D eigenvalue weighted by atomic mass is 10.2. The number of ether oxygens (including phenoxy) is 1. The summed E-state index contributed by atoms with van der Waals surface area (Å²) in [5.74, 6) is 0. The third kappa shape index (κ3) is 4.24. The molecule has 9 heteroatoms. The van der Waals surface area contributed by atoms with E-state index in [2.05, 4.69) is 0 Å². The highest BCUT2D eigenvalue weighted by Gasteiger charge is 2.29. The summed E-state index contributed by atoms with van der Waals surface area (Å²) >= 11 is 1.49. The van der Waals surface area contributed by atoms with Crippen LogP contribution in [0.25, 0.3) is 0 Å². The molecule has 1 aliphatic rings. The van der Waals surface area contributed by atoms with Crippen LogP contribution in [0.4, 0.5) is 5.69 Å². The topological polar surface area (TPSA) is 89.8 Å². The minimum absolute atomic E-state index is 0.0488. The molecular weight excluding hydrogens is 364 g/mol. The molecule has 0 saturated carbocycles. The van der Waals surface area contributed by atoms with Crippen LogP contribution in [0.15, 0.2) is 46.7 Å². The smallest absolute Gasteiger partial charge is 0.269 e. The lowest BCUT2D eigenvalue weighted by Crippen LogP contribution is -2.36. The average Bonchev–Trinajstić information content (AvgIpc) is 3.28. The van der Waals surface area contributed by atoms with Crippen molar-refractivity contribution in [2.75, 3.05) is 13.2 Å². The van der Waals surface area contributed by atoms with E-state index in [-0.39, 0.29) is 29.8 Å². The summed E-state index contributed by atoms with van der Waals surface area (Å²) in [5.41, 5.74) is -0.136. The van der Waals surface area contributed by atoms with E-state index >= 15 is 0 Å². The molecule has 2 aromatic rings. The Morgan fingerprint density at radius 3 is 2.60 bits per heavy atom. The predicted octanol–water partition coefficient (Wildman–Crippen LogP) is 3.03. The number of non-ortho nitro benzene ring substituents is 1. The van der Waals surface area contributed by atoms with E-state index in [9.17, 15) is 18.5 Å². The summed E-state index contributed by atoms with van der Waals surface area (Å²) in [5, 5.41) is 12.7. The van der Waals surface area contributed by atoms with Crippen molar-refractivity contribution in [1.82, 2.24) is 4.31 Å². The van der Waals surface area contributed by atoms with Crippen LogP contribution < -0.4 is 0 Å². The van der Waals surface area contributed by atoms with Crippen molar-refractivity contribution < 1.29 is 18.1 Å². The Kier molecular flexibility index (Phi) is 5.48. The van der Waals surface area contributed by atoms with Crippen molar-refractivity contribution in [2.45, 2.75) is 30.4 Å². The number of sulfonamides is 1. The zero-order valence-electron chi connectivity index (χ0n) is 13.4. The molecule has 0 spiro atoms. The maximum atomic E-state index is 13.0. The maximum absolute atomic E-state index is 13.0. The van der Waals surface area contributed by atoms with Gasteiger partial charge in [0.1, 0.15) is 0 Å². The average molecular weight is 382 g/mol. The summed E-state index contributed by atoms with van der Waals surface area (Å²) in [6, 6.07) is 8.75. The van der Waals surface area contributed by atoms with Crippen LogP contribution in [0.3, 0.4) is 0 Å². The quantitative estimate of drug-likeness (QED) is 0.542. The molecule has 1 fully saturated rings. The molecule has 7 nitrogen and oxygen atoms in total. The SMILES string of the molecule is O=[N+]([O-])c1ccc(S(=O)(=O)N(Cc2cccs2)CC2CCCO2)cc1. The lowest BCUT2D eigenvalue weighted by molar-refractivity contribution is -0.384. The Morgan fingerprint density at radius 1 is 1.28 bits per heavy atom. The molecule has 1 saturated heterocycles. The van der Waals surface area contributed by atoms with Gasteiger partial charge in [-0.15, -0.1) is 11.3 Å². The first-order valence-corrected chi connectivity index (χ1v) is 10.2. The molecule has 0 radical (unpaired) electrons. The fraction of sp³-hybridized carbons (Fsp3) is 0.375. The fourth-order valence-corrected chi connectivity index (χ4v) is 4.98. The molecule has 1 aliphatic heterocycles. The number of rotatable bonds is 7. The lowest BCUT2D eigenvalue weighted by Gasteiger charge is -2.24. The van der Waals surface area contributed by atoms with Crippen LogP contribution in [0.1, 0.15) is 17.7 Å². The Bertz CT molecular complexity index is 813. The van der Waals surface area contributed by atoms with Gasteiger partial charge >= 0.3 is 0 Å². The zero-order valence-corrected chi connectivity index (χ0v) is 15.0. The summed E-state index contributed by atoms with van der Waals surface area (Å²) < 4.78 is 33.1. The van der Waals surface area contributed by atoms with E-state index in [0.29, 0.717) is 6.61 Å². The second-order valence-electron chi connectivity index (χ2n) is 5.76. The van der Waals surface area contributed by atoms with Crippen molar-refractivity contribution in [3.05, 3.63) is 56.8 Å². The Labute approximate surface area is 150 Å². The molecule has 3 rings (SSSR count). The number of nitro benzene ring substituents is 1. The van der Waals surface area contributed by atoms with Crippen molar-refractivity contribution in [1.29, 1.82) is 0 Å². The monoisotopic (exact) mass is 382 g/mol. The molecule has 0 amide bonds. The molecule has 1 aromatic carbocycles. The van der Waals surface area contributed by atoms with Crippen molar-refractivity contribution in [3.63, 3.8) is 0 Å². The Hall–Kier alpha value is -1.81. The van der Waals surface area contributed by atoms with Gasteiger partial charge in [0, 0.05) is 36.7 Å². The van der Waals surface area contributed by atoms with E-state index in [1.807, 2.05) is 17.5 Å². The molecule has 1 atom stereocenters. The minimum atomic E-state index is -3.77. The number of hydrogen-bond donors (Lipinski definition) is 0. The van der Waals surface area contributed by atoms with Crippen LogP contribution in [0.2, 0.25) is 0 Å². The summed E-state index contributed by atoms with van der Waals surface area (Å²) in [7, 11) is -3.77. The Morgan fingerprint density at radius 2 is 2.04 bits per heavy atom. The molecule has 0 N–H and O–H groups in total. The molecule has 2 heterocycles. The van der Waals surface area contributed by atoms with Gasteiger partial charge in [-0.05, 0) is 36.4 Å². The van der Waals surface area contributed by atoms with Gasteiger partial charge in [-0.2, -0.15) is 4.31 Å². The number of thiophene rings is 1. The van der Waals surface area contributed by atoms with E-state index < -0.39 is 14.9 Å². The zero-order chi connectivity index (χ0) is 17.9. The first-order valence-electron chi connectivity index (χ1n) is 7.85. The highest BCUT2D eigenvalue weighted by molar-refractivity contribution is 7.89. The van der Waals surface area contributed by atoms with E-state index in [4.69, 9.17) is 4.74 Å². The first-order chi connectivity index (χ1) is 12.0. The number of benzene rings is 1. The van der Waals surface area contributed by atoms with Crippen molar-refractivity contribution in [2.24, 2.45) is 0 Å². The Balaban J connectivity index is 1.87. The number of hydrogen-bond acceptors (Lipinski definition) is 6. The van der Waals surface area contributed by atoms with Crippen molar-refractivity contribution >= 4 is 27.0 Å². The normalized spacial score (nSPS) is 17.9. The molecule has 134 valence electrons. The fourth-order valence-electron chi connectivity index (χ4n) is 2.73. The largest absolute Gasteiger partial charge is 0.377 e. The summed E-state index contributed by atoms with van der Waals surface area (Å²) in [6.45, 7) is 1.18. The van der Waals surface area contributed by atoms with Crippen LogP contribution in [-0.4, -0.2) is 36.9 Å². The van der Waals surface area contributed by atoms with Crippen LogP contribution >= 0.6 is 11.3 Å². The van der Waals surface area contributed by atoms with Gasteiger partial charge in [0.2, 0.25) is 10.0 Å². The molecule has 1 unspecified atom stereocenters. The highest BCUT2D eigenvalue weighted by atomic mass is 32.2. The second kappa shape index (κ2) is 7.61. The van der Waals surface area contributed by atoms with Gasteiger partial charge in [-0.3, -0.25) is 10.1 Å².